The Morgan fingerprint density at radius 2 is 2.05 bits per heavy atom. The maximum Gasteiger partial charge on any atom is 0.310 e. The van der Waals surface area contributed by atoms with E-state index >= 15 is 0 Å². The summed E-state index contributed by atoms with van der Waals surface area (Å²) in [6.45, 7) is 1.48. The summed E-state index contributed by atoms with van der Waals surface area (Å²) in [5.74, 6) is -0.908. The largest absolute Gasteiger partial charge is 0.478 e. The molecule has 0 aromatic heterocycles. The van der Waals surface area contributed by atoms with Gasteiger partial charge >= 0.3 is 5.97 Å². The lowest BCUT2D eigenvalue weighted by molar-refractivity contribution is -0.160. The van der Waals surface area contributed by atoms with E-state index in [1.165, 1.54) is 11.8 Å². The lowest BCUT2D eigenvalue weighted by Crippen LogP contribution is -2.40. The standard InChI is InChI=1S/C15H18N2O5/c1-9(15(20)17(2)3)21-13(18)8-12-14(19)16-10-6-4-5-7-11(10)22-12/h4-7,9,12H,8H2,1-3H3,(H,16,19)/t9-,12+/m0/s1. The van der Waals surface area contributed by atoms with Crippen molar-refractivity contribution in [3.8, 4) is 5.75 Å². The first-order chi connectivity index (χ1) is 10.4. The molecule has 0 fully saturated rings. The summed E-state index contributed by atoms with van der Waals surface area (Å²) in [6.07, 6.45) is -2.13. The van der Waals surface area contributed by atoms with Gasteiger partial charge < -0.3 is 19.7 Å². The molecule has 22 heavy (non-hydrogen) atoms. The molecule has 0 bridgehead atoms. The Morgan fingerprint density at radius 1 is 1.36 bits per heavy atom. The Bertz CT molecular complexity index is 599. The van der Waals surface area contributed by atoms with Crippen molar-refractivity contribution in [1.29, 1.82) is 0 Å². The summed E-state index contributed by atoms with van der Waals surface area (Å²) in [7, 11) is 3.14. The van der Waals surface area contributed by atoms with Crippen molar-refractivity contribution in [3.05, 3.63) is 24.3 Å². The molecule has 2 atom stereocenters. The first kappa shape index (κ1) is 15.8. The fourth-order valence-corrected chi connectivity index (χ4v) is 2.04. The summed E-state index contributed by atoms with van der Waals surface area (Å²) >= 11 is 0. The summed E-state index contributed by atoms with van der Waals surface area (Å²) < 4.78 is 10.5. The van der Waals surface area contributed by atoms with Crippen LogP contribution >= 0.6 is 0 Å². The third-order valence-corrected chi connectivity index (χ3v) is 3.16. The van der Waals surface area contributed by atoms with Crippen LogP contribution < -0.4 is 10.1 Å². The molecule has 0 radical (unpaired) electrons. The fourth-order valence-electron chi connectivity index (χ4n) is 2.04. The van der Waals surface area contributed by atoms with Crippen LogP contribution in [-0.4, -0.2) is 49.0 Å². The van der Waals surface area contributed by atoms with Crippen molar-refractivity contribution < 1.29 is 23.9 Å². The molecule has 0 saturated carbocycles. The van der Waals surface area contributed by atoms with Gasteiger partial charge in [-0.25, -0.2) is 0 Å². The Labute approximate surface area is 128 Å². The van der Waals surface area contributed by atoms with Crippen molar-refractivity contribution >= 4 is 23.5 Å². The SMILES string of the molecule is C[C@H](OC(=O)C[C@H]1Oc2ccccc2NC1=O)C(=O)N(C)C. The van der Waals surface area contributed by atoms with Crippen molar-refractivity contribution in [1.82, 2.24) is 4.90 Å². The van der Waals surface area contributed by atoms with Gasteiger partial charge in [0.25, 0.3) is 11.8 Å². The van der Waals surface area contributed by atoms with Crippen LogP contribution in [-0.2, 0) is 19.1 Å². The van der Waals surface area contributed by atoms with Gasteiger partial charge in [0.05, 0.1) is 12.1 Å². The number of nitrogens with one attached hydrogen (secondary N) is 1. The van der Waals surface area contributed by atoms with Crippen LogP contribution in [0.25, 0.3) is 0 Å². The van der Waals surface area contributed by atoms with Crippen LogP contribution in [0.1, 0.15) is 13.3 Å². The number of anilines is 1. The van der Waals surface area contributed by atoms with Gasteiger partial charge in [0, 0.05) is 14.1 Å². The zero-order valence-corrected chi connectivity index (χ0v) is 12.7. The third-order valence-electron chi connectivity index (χ3n) is 3.16. The quantitative estimate of drug-likeness (QED) is 0.832. The molecule has 1 aromatic carbocycles. The van der Waals surface area contributed by atoms with E-state index in [2.05, 4.69) is 5.32 Å². The summed E-state index contributed by atoms with van der Waals surface area (Å²) in [5, 5.41) is 2.66. The number of fused-ring (bicyclic) bond motifs is 1. The number of rotatable bonds is 4. The maximum absolute atomic E-state index is 11.9. The number of hydrogen-bond acceptors (Lipinski definition) is 5. The first-order valence-corrected chi connectivity index (χ1v) is 6.85. The fraction of sp³-hybridized carbons (Fsp3) is 0.400. The Kier molecular flexibility index (Phi) is 4.65. The second-order valence-electron chi connectivity index (χ2n) is 5.16. The van der Waals surface area contributed by atoms with Gasteiger partial charge in [0.15, 0.2) is 12.2 Å². The van der Waals surface area contributed by atoms with E-state index in [-0.39, 0.29) is 12.3 Å². The average molecular weight is 306 g/mol. The molecule has 1 aliphatic heterocycles. The second-order valence-corrected chi connectivity index (χ2v) is 5.16. The number of hydrogen-bond donors (Lipinski definition) is 1. The van der Waals surface area contributed by atoms with E-state index in [1.54, 1.807) is 38.4 Å². The molecule has 0 saturated heterocycles. The second kappa shape index (κ2) is 6.46. The van der Waals surface area contributed by atoms with E-state index in [0.29, 0.717) is 11.4 Å². The Balaban J connectivity index is 1.95. The van der Waals surface area contributed by atoms with Crippen LogP contribution in [0, 0.1) is 0 Å². The molecule has 2 rings (SSSR count). The molecule has 118 valence electrons. The molecule has 1 N–H and O–H groups in total. The van der Waals surface area contributed by atoms with Gasteiger partial charge in [-0.1, -0.05) is 12.1 Å². The number of carbonyl (C=O) groups excluding carboxylic acids is 3. The van der Waals surface area contributed by atoms with E-state index in [0.717, 1.165) is 0 Å². The number of ether oxygens (including phenoxy) is 2. The van der Waals surface area contributed by atoms with E-state index in [9.17, 15) is 14.4 Å². The van der Waals surface area contributed by atoms with Crippen LogP contribution in [0.4, 0.5) is 5.69 Å². The number of benzene rings is 1. The minimum absolute atomic E-state index is 0.259. The molecular formula is C15H18N2O5. The molecule has 2 amide bonds. The highest BCUT2D eigenvalue weighted by Gasteiger charge is 2.31. The maximum atomic E-state index is 11.9. The molecule has 0 spiro atoms. The van der Waals surface area contributed by atoms with Crippen LogP contribution in [0.5, 0.6) is 5.75 Å². The smallest absolute Gasteiger partial charge is 0.310 e. The predicted molar refractivity (Wildman–Crippen MR) is 78.4 cm³/mol. The molecule has 7 heteroatoms. The third kappa shape index (κ3) is 3.55. The summed E-state index contributed by atoms with van der Waals surface area (Å²) in [6, 6.07) is 6.94. The van der Waals surface area contributed by atoms with Gasteiger partial charge in [0.2, 0.25) is 0 Å². The number of likely N-dealkylation sites (N-methyl/N-ethyl adjacent to an activating group) is 1. The van der Waals surface area contributed by atoms with E-state index in [1.807, 2.05) is 0 Å². The zero-order valence-electron chi connectivity index (χ0n) is 12.7. The first-order valence-electron chi connectivity index (χ1n) is 6.85. The van der Waals surface area contributed by atoms with Crippen LogP contribution in [0.3, 0.4) is 0 Å². The van der Waals surface area contributed by atoms with Crippen molar-refractivity contribution in [2.45, 2.75) is 25.6 Å². The minimum atomic E-state index is -0.968. The molecule has 1 heterocycles. The molecule has 0 unspecified atom stereocenters. The zero-order chi connectivity index (χ0) is 16.3. The number of para-hydroxylation sites is 2. The number of nitrogens with zero attached hydrogens (tertiary/aromatic N) is 1. The van der Waals surface area contributed by atoms with Gasteiger partial charge in [0.1, 0.15) is 5.75 Å². The highest BCUT2D eigenvalue weighted by molar-refractivity contribution is 5.99. The van der Waals surface area contributed by atoms with Gasteiger partial charge in [-0.2, -0.15) is 0 Å². The van der Waals surface area contributed by atoms with Crippen molar-refractivity contribution in [2.75, 3.05) is 19.4 Å². The number of carbonyl (C=O) groups is 3. The lowest BCUT2D eigenvalue weighted by atomic mass is 10.1. The monoisotopic (exact) mass is 306 g/mol. The number of esters is 1. The topological polar surface area (TPSA) is 84.9 Å². The number of amides is 2. The summed E-state index contributed by atoms with van der Waals surface area (Å²) in [4.78, 5) is 36.7. The Morgan fingerprint density at radius 3 is 2.73 bits per heavy atom. The predicted octanol–water partition coefficient (Wildman–Crippen LogP) is 0.796. The summed E-state index contributed by atoms with van der Waals surface area (Å²) in [5.41, 5.74) is 0.563. The van der Waals surface area contributed by atoms with Crippen molar-refractivity contribution in [2.24, 2.45) is 0 Å². The highest BCUT2D eigenvalue weighted by atomic mass is 16.6. The molecule has 1 aliphatic rings. The molecule has 1 aromatic rings. The van der Waals surface area contributed by atoms with E-state index < -0.39 is 24.1 Å². The highest BCUT2D eigenvalue weighted by Crippen LogP contribution is 2.29. The molecular weight excluding hydrogens is 288 g/mol. The van der Waals surface area contributed by atoms with E-state index in [4.69, 9.17) is 9.47 Å². The Hall–Kier alpha value is -2.57. The van der Waals surface area contributed by atoms with Gasteiger partial charge in [-0.05, 0) is 19.1 Å². The minimum Gasteiger partial charge on any atom is -0.478 e. The lowest BCUT2D eigenvalue weighted by Gasteiger charge is -2.25. The molecule has 0 aliphatic carbocycles. The average Bonchev–Trinajstić information content (AvgIpc) is 2.46. The van der Waals surface area contributed by atoms with Gasteiger partial charge in [-0.3, -0.25) is 14.4 Å². The van der Waals surface area contributed by atoms with Crippen LogP contribution in [0.15, 0.2) is 24.3 Å². The molecule has 7 nitrogen and oxygen atoms in total. The normalized spacial score (nSPS) is 17.6. The van der Waals surface area contributed by atoms with Crippen LogP contribution in [0.2, 0.25) is 0 Å². The van der Waals surface area contributed by atoms with Crippen molar-refractivity contribution in [3.63, 3.8) is 0 Å². The van der Waals surface area contributed by atoms with Gasteiger partial charge in [-0.15, -0.1) is 0 Å².